The Kier molecular flexibility index (Phi) is 5.31. The summed E-state index contributed by atoms with van der Waals surface area (Å²) >= 11 is 1.53. The van der Waals surface area contributed by atoms with Crippen LogP contribution in [0.2, 0.25) is 0 Å². The number of hydrogen-bond acceptors (Lipinski definition) is 4. The highest BCUT2D eigenvalue weighted by Crippen LogP contribution is 2.36. The third-order valence-electron chi connectivity index (χ3n) is 4.74. The van der Waals surface area contributed by atoms with Crippen LogP contribution in [0, 0.1) is 12.8 Å². The highest BCUT2D eigenvalue weighted by Gasteiger charge is 2.34. The van der Waals surface area contributed by atoms with Gasteiger partial charge in [0.1, 0.15) is 5.69 Å². The van der Waals surface area contributed by atoms with Crippen LogP contribution in [0.1, 0.15) is 52.4 Å². The van der Waals surface area contributed by atoms with Gasteiger partial charge in [0.2, 0.25) is 0 Å². The summed E-state index contributed by atoms with van der Waals surface area (Å²) < 4.78 is 0. The quantitative estimate of drug-likeness (QED) is 0.923. The van der Waals surface area contributed by atoms with Crippen LogP contribution in [-0.2, 0) is 6.42 Å². The minimum Gasteiger partial charge on any atom is -0.330 e. The van der Waals surface area contributed by atoms with E-state index in [1.807, 2.05) is 10.3 Å². The molecule has 1 aliphatic rings. The second-order valence-corrected chi connectivity index (χ2v) is 7.58. The van der Waals surface area contributed by atoms with Crippen LogP contribution < -0.4 is 5.73 Å². The van der Waals surface area contributed by atoms with Gasteiger partial charge in [0, 0.05) is 18.3 Å². The Balaban J connectivity index is 1.87. The molecule has 2 unspecified atom stereocenters. The first kappa shape index (κ1) is 17.1. The molecule has 1 amide bonds. The number of nitrogens with zero attached hydrogens (tertiary/aromatic N) is 2. The fraction of sp³-hybridized carbons (Fsp3) is 0.474. The van der Waals surface area contributed by atoms with Crippen molar-refractivity contribution in [1.82, 2.24) is 9.88 Å². The lowest BCUT2D eigenvalue weighted by Gasteiger charge is -2.40. The van der Waals surface area contributed by atoms with Gasteiger partial charge in [-0.1, -0.05) is 36.8 Å². The van der Waals surface area contributed by atoms with Gasteiger partial charge < -0.3 is 10.6 Å². The molecule has 0 spiro atoms. The largest absolute Gasteiger partial charge is 0.330 e. The van der Waals surface area contributed by atoms with Gasteiger partial charge >= 0.3 is 0 Å². The lowest BCUT2D eigenvalue weighted by atomic mass is 9.85. The normalized spacial score (nSPS) is 21.0. The molecule has 1 aromatic heterocycles. The minimum atomic E-state index is 0.0478. The zero-order chi connectivity index (χ0) is 17.1. The first-order chi connectivity index (χ1) is 11.6. The van der Waals surface area contributed by atoms with Gasteiger partial charge in [-0.3, -0.25) is 4.79 Å². The van der Waals surface area contributed by atoms with Crippen molar-refractivity contribution in [1.29, 1.82) is 0 Å². The molecular formula is C19H25N3OS. The van der Waals surface area contributed by atoms with Gasteiger partial charge in [-0.05, 0) is 37.8 Å². The zero-order valence-corrected chi connectivity index (χ0v) is 15.2. The monoisotopic (exact) mass is 343 g/mol. The third kappa shape index (κ3) is 3.52. The molecule has 5 heteroatoms. The van der Waals surface area contributed by atoms with Crippen LogP contribution in [0.15, 0.2) is 29.6 Å². The SMILES string of the molecule is Cc1ccc(C2C(C)CCCN2C(=O)c2csc(CCN)n2)cc1. The van der Waals surface area contributed by atoms with E-state index < -0.39 is 0 Å². The molecule has 1 aliphatic heterocycles. The van der Waals surface area contributed by atoms with E-state index in [0.29, 0.717) is 18.2 Å². The van der Waals surface area contributed by atoms with Crippen molar-refractivity contribution in [3.05, 3.63) is 51.5 Å². The molecule has 4 nitrogen and oxygen atoms in total. The van der Waals surface area contributed by atoms with Crippen molar-refractivity contribution in [2.24, 2.45) is 11.7 Å². The number of carbonyl (C=O) groups is 1. The Morgan fingerprint density at radius 3 is 2.83 bits per heavy atom. The van der Waals surface area contributed by atoms with Crippen molar-refractivity contribution >= 4 is 17.2 Å². The summed E-state index contributed by atoms with van der Waals surface area (Å²) in [5, 5.41) is 2.82. The Morgan fingerprint density at radius 2 is 2.12 bits per heavy atom. The summed E-state index contributed by atoms with van der Waals surface area (Å²) in [7, 11) is 0. The van der Waals surface area contributed by atoms with Crippen molar-refractivity contribution in [2.45, 2.75) is 39.2 Å². The van der Waals surface area contributed by atoms with Gasteiger partial charge in [-0.2, -0.15) is 0 Å². The maximum atomic E-state index is 13.1. The topological polar surface area (TPSA) is 59.2 Å². The number of aromatic nitrogens is 1. The summed E-state index contributed by atoms with van der Waals surface area (Å²) in [6.07, 6.45) is 2.93. The van der Waals surface area contributed by atoms with Crippen LogP contribution in [0.5, 0.6) is 0 Å². The Bertz CT molecular complexity index is 695. The van der Waals surface area contributed by atoms with Crippen molar-refractivity contribution < 1.29 is 4.79 Å². The Labute approximate surface area is 147 Å². The van der Waals surface area contributed by atoms with E-state index in [4.69, 9.17) is 5.73 Å². The molecule has 0 aliphatic carbocycles. The van der Waals surface area contributed by atoms with Gasteiger partial charge in [-0.25, -0.2) is 4.98 Å². The standard InChI is InChI=1S/C19H25N3OS/c1-13-5-7-15(8-6-13)18-14(2)4-3-11-22(18)19(23)16-12-24-17(21-16)9-10-20/h5-8,12,14,18H,3-4,9-11,20H2,1-2H3. The van der Waals surface area contributed by atoms with Crippen LogP contribution in [0.3, 0.4) is 0 Å². The summed E-state index contributed by atoms with van der Waals surface area (Å²) in [4.78, 5) is 19.6. The van der Waals surface area contributed by atoms with Crippen molar-refractivity contribution in [3.63, 3.8) is 0 Å². The number of benzene rings is 1. The smallest absolute Gasteiger partial charge is 0.273 e. The minimum absolute atomic E-state index is 0.0478. The van der Waals surface area contributed by atoms with Gasteiger partial charge in [0.15, 0.2) is 0 Å². The molecule has 0 bridgehead atoms. The van der Waals surface area contributed by atoms with E-state index in [9.17, 15) is 4.79 Å². The molecule has 3 rings (SSSR count). The van der Waals surface area contributed by atoms with Crippen molar-refractivity contribution in [2.75, 3.05) is 13.1 Å². The second-order valence-electron chi connectivity index (χ2n) is 6.64. The van der Waals surface area contributed by atoms with E-state index in [0.717, 1.165) is 30.8 Å². The van der Waals surface area contributed by atoms with Gasteiger partial charge in [0.05, 0.1) is 11.0 Å². The Morgan fingerprint density at radius 1 is 1.38 bits per heavy atom. The number of aryl methyl sites for hydroxylation is 1. The number of piperidine rings is 1. The highest BCUT2D eigenvalue weighted by molar-refractivity contribution is 7.09. The number of amides is 1. The second kappa shape index (κ2) is 7.45. The molecule has 2 heterocycles. The average Bonchev–Trinajstić information content (AvgIpc) is 3.04. The van der Waals surface area contributed by atoms with Crippen LogP contribution in [-0.4, -0.2) is 28.9 Å². The zero-order valence-electron chi connectivity index (χ0n) is 14.4. The summed E-state index contributed by atoms with van der Waals surface area (Å²) in [6.45, 7) is 5.69. The molecule has 1 saturated heterocycles. The molecule has 0 radical (unpaired) electrons. The maximum Gasteiger partial charge on any atom is 0.273 e. The summed E-state index contributed by atoms with van der Waals surface area (Å²) in [5.41, 5.74) is 8.62. The molecule has 2 N–H and O–H groups in total. The third-order valence-corrected chi connectivity index (χ3v) is 5.65. The molecule has 128 valence electrons. The van der Waals surface area contributed by atoms with Gasteiger partial charge in [0.25, 0.3) is 5.91 Å². The number of nitrogens with two attached hydrogens (primary N) is 1. The highest BCUT2D eigenvalue weighted by atomic mass is 32.1. The van der Waals surface area contributed by atoms with Crippen LogP contribution in [0.25, 0.3) is 0 Å². The Hall–Kier alpha value is -1.72. The van der Waals surface area contributed by atoms with E-state index in [1.165, 1.54) is 22.5 Å². The van der Waals surface area contributed by atoms with E-state index in [1.54, 1.807) is 0 Å². The number of likely N-dealkylation sites (tertiary alicyclic amines) is 1. The predicted molar refractivity (Wildman–Crippen MR) is 98.2 cm³/mol. The average molecular weight is 343 g/mol. The molecule has 0 saturated carbocycles. The summed E-state index contributed by atoms with van der Waals surface area (Å²) in [5.74, 6) is 0.499. The molecule has 1 fully saturated rings. The van der Waals surface area contributed by atoms with Crippen molar-refractivity contribution in [3.8, 4) is 0 Å². The molecule has 2 atom stereocenters. The number of rotatable bonds is 4. The lowest BCUT2D eigenvalue weighted by Crippen LogP contribution is -2.42. The number of thiazole rings is 1. The van der Waals surface area contributed by atoms with E-state index in [-0.39, 0.29) is 11.9 Å². The van der Waals surface area contributed by atoms with E-state index in [2.05, 4.69) is 43.1 Å². The van der Waals surface area contributed by atoms with Gasteiger partial charge in [-0.15, -0.1) is 11.3 Å². The van der Waals surface area contributed by atoms with Crippen LogP contribution >= 0.6 is 11.3 Å². The fourth-order valence-electron chi connectivity index (χ4n) is 3.48. The molecule has 1 aromatic carbocycles. The first-order valence-electron chi connectivity index (χ1n) is 8.62. The summed E-state index contributed by atoms with van der Waals surface area (Å²) in [6, 6.07) is 8.70. The molecule has 24 heavy (non-hydrogen) atoms. The van der Waals surface area contributed by atoms with E-state index >= 15 is 0 Å². The molecular weight excluding hydrogens is 318 g/mol. The first-order valence-corrected chi connectivity index (χ1v) is 9.50. The number of hydrogen-bond donors (Lipinski definition) is 1. The molecule has 2 aromatic rings. The predicted octanol–water partition coefficient (Wildman–Crippen LogP) is 3.57. The maximum absolute atomic E-state index is 13.1. The number of carbonyl (C=O) groups excluding carboxylic acids is 1. The fourth-order valence-corrected chi connectivity index (χ4v) is 4.27. The lowest BCUT2D eigenvalue weighted by molar-refractivity contribution is 0.0508. The van der Waals surface area contributed by atoms with Crippen LogP contribution in [0.4, 0.5) is 0 Å².